The fraction of sp³-hybridized carbons (Fsp3) is 1.00. The molecule has 0 aromatic carbocycles. The Kier molecular flexibility index (Phi) is 3.58. The summed E-state index contributed by atoms with van der Waals surface area (Å²) < 4.78 is 0. The highest BCUT2D eigenvalue weighted by molar-refractivity contribution is 7.99. The summed E-state index contributed by atoms with van der Waals surface area (Å²) in [6.45, 7) is 4.58. The van der Waals surface area contributed by atoms with Gasteiger partial charge in [0.15, 0.2) is 0 Å². The Labute approximate surface area is 103 Å². The van der Waals surface area contributed by atoms with Crippen molar-refractivity contribution in [2.24, 2.45) is 17.6 Å². The van der Waals surface area contributed by atoms with Crippen LogP contribution < -0.4 is 5.73 Å². The van der Waals surface area contributed by atoms with Gasteiger partial charge in [-0.25, -0.2) is 0 Å². The molecule has 2 nitrogen and oxygen atoms in total. The van der Waals surface area contributed by atoms with E-state index in [0.717, 1.165) is 55.4 Å². The van der Waals surface area contributed by atoms with Crippen LogP contribution in [-0.2, 0) is 0 Å². The highest BCUT2D eigenvalue weighted by atomic mass is 32.2. The molecule has 1 saturated heterocycles. The predicted octanol–water partition coefficient (Wildman–Crippen LogP) is 2.40. The molecule has 3 N–H and O–H groups in total. The van der Waals surface area contributed by atoms with Gasteiger partial charge in [0.25, 0.3) is 0 Å². The molecule has 0 amide bonds. The van der Waals surface area contributed by atoms with E-state index < -0.39 is 5.60 Å². The fourth-order valence-electron chi connectivity index (χ4n) is 3.23. The van der Waals surface area contributed by atoms with Crippen LogP contribution in [0, 0.1) is 11.8 Å². The van der Waals surface area contributed by atoms with Crippen molar-refractivity contribution in [2.75, 3.05) is 11.5 Å². The lowest BCUT2D eigenvalue weighted by Gasteiger charge is -2.47. The molecule has 0 radical (unpaired) electrons. The van der Waals surface area contributed by atoms with Crippen LogP contribution in [0.25, 0.3) is 0 Å². The SMILES string of the molecule is CC(C)C1CCC(O)(C2(N)CCSC2)CC1. The zero-order chi connectivity index (χ0) is 11.8. The summed E-state index contributed by atoms with van der Waals surface area (Å²) in [5, 5.41) is 10.8. The van der Waals surface area contributed by atoms with Gasteiger partial charge in [0.05, 0.1) is 11.1 Å². The fourth-order valence-corrected chi connectivity index (χ4v) is 4.66. The van der Waals surface area contributed by atoms with E-state index in [2.05, 4.69) is 13.8 Å². The Morgan fingerprint density at radius 1 is 1.25 bits per heavy atom. The Morgan fingerprint density at radius 3 is 2.31 bits per heavy atom. The lowest BCUT2D eigenvalue weighted by molar-refractivity contribution is -0.0686. The van der Waals surface area contributed by atoms with Crippen LogP contribution in [0.2, 0.25) is 0 Å². The highest BCUT2D eigenvalue weighted by Gasteiger charge is 2.50. The van der Waals surface area contributed by atoms with Crippen molar-refractivity contribution in [1.82, 2.24) is 0 Å². The lowest BCUT2D eigenvalue weighted by Crippen LogP contribution is -2.62. The topological polar surface area (TPSA) is 46.2 Å². The first-order valence-electron chi connectivity index (χ1n) is 6.56. The van der Waals surface area contributed by atoms with Gasteiger partial charge in [-0.2, -0.15) is 11.8 Å². The molecular formula is C13H25NOS. The molecule has 1 aliphatic carbocycles. The van der Waals surface area contributed by atoms with Gasteiger partial charge in [-0.15, -0.1) is 0 Å². The quantitative estimate of drug-likeness (QED) is 0.783. The van der Waals surface area contributed by atoms with Gasteiger partial charge >= 0.3 is 0 Å². The molecule has 1 atom stereocenters. The van der Waals surface area contributed by atoms with E-state index in [4.69, 9.17) is 5.73 Å². The van der Waals surface area contributed by atoms with Crippen molar-refractivity contribution in [1.29, 1.82) is 0 Å². The van der Waals surface area contributed by atoms with Crippen LogP contribution in [0.1, 0.15) is 46.0 Å². The third-order valence-corrected chi connectivity index (χ3v) is 5.99. The van der Waals surface area contributed by atoms with Crippen LogP contribution in [0.5, 0.6) is 0 Å². The predicted molar refractivity (Wildman–Crippen MR) is 70.6 cm³/mol. The molecule has 1 heterocycles. The molecule has 0 aromatic rings. The van der Waals surface area contributed by atoms with Crippen LogP contribution in [0.3, 0.4) is 0 Å². The first-order chi connectivity index (χ1) is 7.47. The minimum absolute atomic E-state index is 0.306. The third-order valence-electron chi connectivity index (χ3n) is 4.78. The third kappa shape index (κ3) is 2.14. The summed E-state index contributed by atoms with van der Waals surface area (Å²) in [6, 6.07) is 0. The second kappa shape index (κ2) is 4.51. The normalized spacial score (nSPS) is 45.2. The Morgan fingerprint density at radius 2 is 1.88 bits per heavy atom. The minimum atomic E-state index is -0.581. The molecule has 0 spiro atoms. The number of hydrogen-bond acceptors (Lipinski definition) is 3. The Bertz CT molecular complexity index is 240. The van der Waals surface area contributed by atoms with Crippen LogP contribution in [0.4, 0.5) is 0 Å². The molecule has 2 fully saturated rings. The number of thioether (sulfide) groups is 1. The smallest absolute Gasteiger partial charge is 0.0834 e. The van der Waals surface area contributed by atoms with E-state index in [1.54, 1.807) is 0 Å². The summed E-state index contributed by atoms with van der Waals surface area (Å²) in [7, 11) is 0. The maximum Gasteiger partial charge on any atom is 0.0834 e. The molecule has 0 bridgehead atoms. The van der Waals surface area contributed by atoms with Crippen LogP contribution in [-0.4, -0.2) is 27.8 Å². The number of nitrogens with two attached hydrogens (primary N) is 1. The van der Waals surface area contributed by atoms with Gasteiger partial charge in [0.2, 0.25) is 0 Å². The maximum absolute atomic E-state index is 10.8. The number of aliphatic hydroxyl groups is 1. The average molecular weight is 243 g/mol. The molecule has 1 unspecified atom stereocenters. The summed E-state index contributed by atoms with van der Waals surface area (Å²) in [5.41, 5.74) is 5.53. The highest BCUT2D eigenvalue weighted by Crippen LogP contribution is 2.45. The van der Waals surface area contributed by atoms with Gasteiger partial charge in [-0.1, -0.05) is 13.8 Å². The first kappa shape index (κ1) is 12.7. The largest absolute Gasteiger partial charge is 0.388 e. The molecule has 2 aliphatic rings. The molecule has 1 saturated carbocycles. The molecular weight excluding hydrogens is 218 g/mol. The minimum Gasteiger partial charge on any atom is -0.388 e. The van der Waals surface area contributed by atoms with Crippen molar-refractivity contribution in [3.05, 3.63) is 0 Å². The number of rotatable bonds is 2. The summed E-state index contributed by atoms with van der Waals surface area (Å²) in [4.78, 5) is 0. The van der Waals surface area contributed by atoms with Crippen LogP contribution >= 0.6 is 11.8 Å². The van der Waals surface area contributed by atoms with Gasteiger partial charge in [0.1, 0.15) is 0 Å². The Hall–Kier alpha value is 0.270. The summed E-state index contributed by atoms with van der Waals surface area (Å²) in [6.07, 6.45) is 5.11. The van der Waals surface area contributed by atoms with Crippen molar-refractivity contribution in [2.45, 2.75) is 57.1 Å². The molecule has 2 rings (SSSR count). The summed E-state index contributed by atoms with van der Waals surface area (Å²) >= 11 is 1.90. The van der Waals surface area contributed by atoms with E-state index in [9.17, 15) is 5.11 Å². The van der Waals surface area contributed by atoms with E-state index in [-0.39, 0.29) is 5.54 Å². The monoisotopic (exact) mass is 243 g/mol. The molecule has 0 aromatic heterocycles. The zero-order valence-corrected chi connectivity index (χ0v) is 11.4. The van der Waals surface area contributed by atoms with Crippen molar-refractivity contribution in [3.63, 3.8) is 0 Å². The number of hydrogen-bond donors (Lipinski definition) is 2. The molecule has 94 valence electrons. The Balaban J connectivity index is 2.00. The average Bonchev–Trinajstić information content (AvgIpc) is 2.67. The van der Waals surface area contributed by atoms with Crippen LogP contribution in [0.15, 0.2) is 0 Å². The van der Waals surface area contributed by atoms with E-state index in [1.165, 1.54) is 0 Å². The second-order valence-corrected chi connectivity index (χ2v) is 7.18. The van der Waals surface area contributed by atoms with Crippen molar-refractivity contribution < 1.29 is 5.11 Å². The molecule has 1 aliphatic heterocycles. The second-order valence-electron chi connectivity index (χ2n) is 6.07. The standard InChI is InChI=1S/C13H25NOS/c1-10(2)11-3-5-13(15,6-4-11)12(14)7-8-16-9-12/h10-11,15H,3-9,14H2,1-2H3. The molecule has 16 heavy (non-hydrogen) atoms. The molecule has 3 heteroatoms. The van der Waals surface area contributed by atoms with Crippen molar-refractivity contribution >= 4 is 11.8 Å². The van der Waals surface area contributed by atoms with E-state index >= 15 is 0 Å². The lowest BCUT2D eigenvalue weighted by atomic mass is 9.66. The van der Waals surface area contributed by atoms with E-state index in [1.807, 2.05) is 11.8 Å². The van der Waals surface area contributed by atoms with Gasteiger partial charge in [-0.05, 0) is 49.7 Å². The summed E-state index contributed by atoms with van der Waals surface area (Å²) in [5.74, 6) is 3.59. The first-order valence-corrected chi connectivity index (χ1v) is 7.71. The van der Waals surface area contributed by atoms with Gasteiger partial charge < -0.3 is 10.8 Å². The van der Waals surface area contributed by atoms with Crippen molar-refractivity contribution in [3.8, 4) is 0 Å². The van der Waals surface area contributed by atoms with Gasteiger partial charge in [-0.3, -0.25) is 0 Å². The van der Waals surface area contributed by atoms with E-state index in [0.29, 0.717) is 0 Å². The zero-order valence-electron chi connectivity index (χ0n) is 10.5. The maximum atomic E-state index is 10.8. The van der Waals surface area contributed by atoms with Gasteiger partial charge in [0, 0.05) is 5.75 Å².